The van der Waals surface area contributed by atoms with E-state index in [1.807, 2.05) is 6.92 Å². The highest BCUT2D eigenvalue weighted by Crippen LogP contribution is 2.18. The Morgan fingerprint density at radius 1 is 1.69 bits per heavy atom. The molecule has 0 radical (unpaired) electrons. The Morgan fingerprint density at radius 2 is 2.38 bits per heavy atom. The van der Waals surface area contributed by atoms with Crippen LogP contribution in [0.2, 0.25) is 0 Å². The van der Waals surface area contributed by atoms with E-state index in [1.165, 1.54) is 6.42 Å². The van der Waals surface area contributed by atoms with Crippen LogP contribution in [-0.4, -0.2) is 35.1 Å². The number of nitrogens with zero attached hydrogens (tertiary/aromatic N) is 1. The Morgan fingerprint density at radius 3 is 2.85 bits per heavy atom. The molecular weight excluding hydrogens is 166 g/mol. The van der Waals surface area contributed by atoms with Crippen LogP contribution >= 0.6 is 0 Å². The van der Waals surface area contributed by atoms with E-state index in [-0.39, 0.29) is 6.04 Å². The lowest BCUT2D eigenvalue weighted by atomic mass is 9.98. The van der Waals surface area contributed by atoms with Gasteiger partial charge in [-0.2, -0.15) is 0 Å². The van der Waals surface area contributed by atoms with Gasteiger partial charge in [0.25, 0.3) is 0 Å². The summed E-state index contributed by atoms with van der Waals surface area (Å²) >= 11 is 0. The first kappa shape index (κ1) is 10.5. The van der Waals surface area contributed by atoms with Crippen LogP contribution in [0.1, 0.15) is 33.1 Å². The molecule has 1 aliphatic rings. The zero-order chi connectivity index (χ0) is 9.84. The van der Waals surface area contributed by atoms with Gasteiger partial charge in [-0.05, 0) is 31.7 Å². The second-order valence-electron chi connectivity index (χ2n) is 4.00. The smallest absolute Gasteiger partial charge is 0.320 e. The fraction of sp³-hybridized carbons (Fsp3) is 0.900. The highest BCUT2D eigenvalue weighted by atomic mass is 16.4. The molecule has 0 aromatic carbocycles. The van der Waals surface area contributed by atoms with Crippen molar-refractivity contribution >= 4 is 5.97 Å². The van der Waals surface area contributed by atoms with Crippen LogP contribution < -0.4 is 0 Å². The molecule has 3 heteroatoms. The van der Waals surface area contributed by atoms with E-state index in [4.69, 9.17) is 5.11 Å². The molecule has 2 atom stereocenters. The molecule has 1 saturated heterocycles. The zero-order valence-corrected chi connectivity index (χ0v) is 8.49. The molecule has 0 saturated carbocycles. The van der Waals surface area contributed by atoms with Crippen molar-refractivity contribution in [3.8, 4) is 0 Å². The molecule has 0 unspecified atom stereocenters. The minimum atomic E-state index is -0.670. The lowest BCUT2D eigenvalue weighted by Gasteiger charge is -2.34. The van der Waals surface area contributed by atoms with Gasteiger partial charge in [-0.15, -0.1) is 0 Å². The molecule has 1 heterocycles. The summed E-state index contributed by atoms with van der Waals surface area (Å²) in [5.74, 6) is -0.0150. The van der Waals surface area contributed by atoms with E-state index in [0.29, 0.717) is 12.3 Å². The fourth-order valence-electron chi connectivity index (χ4n) is 2.10. The molecule has 0 bridgehead atoms. The third-order valence-corrected chi connectivity index (χ3v) is 2.80. The normalized spacial score (nSPS) is 27.1. The number of carboxylic acid groups (broad SMARTS) is 1. The summed E-state index contributed by atoms with van der Waals surface area (Å²) in [6.07, 6.45) is 3.10. The number of rotatable bonds is 3. The molecule has 1 N–H and O–H groups in total. The van der Waals surface area contributed by atoms with Crippen LogP contribution in [0.3, 0.4) is 0 Å². The lowest BCUT2D eigenvalue weighted by Crippen LogP contribution is -2.45. The van der Waals surface area contributed by atoms with Crippen molar-refractivity contribution in [1.29, 1.82) is 0 Å². The minimum absolute atomic E-state index is 0.261. The first-order chi connectivity index (χ1) is 6.15. The standard InChI is InChI=1S/C10H19NO2/c1-3-9(10(12)13)11-6-4-5-8(2)7-11/h8-9H,3-7H2,1-2H3,(H,12,13)/t8-,9+/m0/s1. The summed E-state index contributed by atoms with van der Waals surface area (Å²) in [6.45, 7) is 6.04. The average molecular weight is 185 g/mol. The van der Waals surface area contributed by atoms with E-state index in [9.17, 15) is 4.79 Å². The number of carbonyl (C=O) groups is 1. The molecule has 3 nitrogen and oxygen atoms in total. The Kier molecular flexibility index (Phi) is 3.72. The predicted octanol–water partition coefficient (Wildman–Crippen LogP) is 1.58. The summed E-state index contributed by atoms with van der Waals surface area (Å²) in [4.78, 5) is 13.0. The van der Waals surface area contributed by atoms with Crippen LogP contribution in [-0.2, 0) is 4.79 Å². The van der Waals surface area contributed by atoms with Crippen LogP contribution in [0, 0.1) is 5.92 Å². The molecule has 0 aromatic heterocycles. The van der Waals surface area contributed by atoms with Gasteiger partial charge in [-0.1, -0.05) is 13.8 Å². The van der Waals surface area contributed by atoms with Crippen molar-refractivity contribution in [2.75, 3.05) is 13.1 Å². The van der Waals surface area contributed by atoms with Crippen molar-refractivity contribution in [3.63, 3.8) is 0 Å². The maximum absolute atomic E-state index is 10.9. The Hall–Kier alpha value is -0.570. The van der Waals surface area contributed by atoms with Crippen LogP contribution in [0.5, 0.6) is 0 Å². The third kappa shape index (κ3) is 2.69. The van der Waals surface area contributed by atoms with Gasteiger partial charge < -0.3 is 5.11 Å². The van der Waals surface area contributed by atoms with Crippen LogP contribution in [0.4, 0.5) is 0 Å². The van der Waals surface area contributed by atoms with Gasteiger partial charge in [0, 0.05) is 6.54 Å². The fourth-order valence-corrected chi connectivity index (χ4v) is 2.10. The Balaban J connectivity index is 2.52. The van der Waals surface area contributed by atoms with Crippen molar-refractivity contribution in [2.45, 2.75) is 39.2 Å². The topological polar surface area (TPSA) is 40.5 Å². The van der Waals surface area contributed by atoms with Gasteiger partial charge in [0.1, 0.15) is 6.04 Å². The zero-order valence-electron chi connectivity index (χ0n) is 8.49. The highest BCUT2D eigenvalue weighted by Gasteiger charge is 2.27. The summed E-state index contributed by atoms with van der Waals surface area (Å²) in [5, 5.41) is 8.97. The first-order valence-electron chi connectivity index (χ1n) is 5.12. The van der Waals surface area contributed by atoms with Crippen LogP contribution in [0.15, 0.2) is 0 Å². The molecule has 0 spiro atoms. The van der Waals surface area contributed by atoms with Crippen molar-refractivity contribution in [1.82, 2.24) is 4.90 Å². The first-order valence-corrected chi connectivity index (χ1v) is 5.12. The average Bonchev–Trinajstić information content (AvgIpc) is 2.04. The third-order valence-electron chi connectivity index (χ3n) is 2.80. The second-order valence-corrected chi connectivity index (χ2v) is 4.00. The summed E-state index contributed by atoms with van der Waals surface area (Å²) in [6, 6.07) is -0.261. The molecule has 0 amide bonds. The molecule has 0 aliphatic carbocycles. The number of hydrogen-bond donors (Lipinski definition) is 1. The summed E-state index contributed by atoms with van der Waals surface area (Å²) in [5.41, 5.74) is 0. The van der Waals surface area contributed by atoms with Gasteiger partial charge in [-0.3, -0.25) is 9.69 Å². The van der Waals surface area contributed by atoms with Gasteiger partial charge in [0.15, 0.2) is 0 Å². The SMILES string of the molecule is CC[C@H](C(=O)O)N1CCC[C@H](C)C1. The van der Waals surface area contributed by atoms with Gasteiger partial charge >= 0.3 is 5.97 Å². The molecule has 1 rings (SSSR count). The monoisotopic (exact) mass is 185 g/mol. The summed E-state index contributed by atoms with van der Waals surface area (Å²) < 4.78 is 0. The minimum Gasteiger partial charge on any atom is -0.480 e. The molecule has 0 aromatic rings. The van der Waals surface area contributed by atoms with E-state index in [2.05, 4.69) is 11.8 Å². The lowest BCUT2D eigenvalue weighted by molar-refractivity contribution is -0.144. The maximum atomic E-state index is 10.9. The number of carboxylic acids is 1. The van der Waals surface area contributed by atoms with E-state index >= 15 is 0 Å². The molecule has 76 valence electrons. The van der Waals surface area contributed by atoms with Gasteiger partial charge in [0.2, 0.25) is 0 Å². The van der Waals surface area contributed by atoms with Crippen molar-refractivity contribution in [2.24, 2.45) is 5.92 Å². The number of aliphatic carboxylic acids is 1. The molecule has 1 fully saturated rings. The Labute approximate surface area is 79.7 Å². The highest BCUT2D eigenvalue weighted by molar-refractivity contribution is 5.73. The quantitative estimate of drug-likeness (QED) is 0.725. The van der Waals surface area contributed by atoms with E-state index < -0.39 is 5.97 Å². The maximum Gasteiger partial charge on any atom is 0.320 e. The predicted molar refractivity (Wildman–Crippen MR) is 51.7 cm³/mol. The molecule has 13 heavy (non-hydrogen) atoms. The van der Waals surface area contributed by atoms with Gasteiger partial charge in [0.05, 0.1) is 0 Å². The molecule has 1 aliphatic heterocycles. The Bertz CT molecular complexity index is 182. The van der Waals surface area contributed by atoms with E-state index in [0.717, 1.165) is 19.5 Å². The number of likely N-dealkylation sites (tertiary alicyclic amines) is 1. The number of hydrogen-bond acceptors (Lipinski definition) is 2. The molecular formula is C10H19NO2. The van der Waals surface area contributed by atoms with Crippen molar-refractivity contribution < 1.29 is 9.90 Å². The van der Waals surface area contributed by atoms with Gasteiger partial charge in [-0.25, -0.2) is 0 Å². The largest absolute Gasteiger partial charge is 0.480 e. The van der Waals surface area contributed by atoms with Crippen LogP contribution in [0.25, 0.3) is 0 Å². The number of piperidine rings is 1. The van der Waals surface area contributed by atoms with E-state index in [1.54, 1.807) is 0 Å². The second kappa shape index (κ2) is 4.61. The van der Waals surface area contributed by atoms with Crippen molar-refractivity contribution in [3.05, 3.63) is 0 Å². The summed E-state index contributed by atoms with van der Waals surface area (Å²) in [7, 11) is 0.